The summed E-state index contributed by atoms with van der Waals surface area (Å²) in [4.78, 5) is 21.2. The maximum absolute atomic E-state index is 10.6. The van der Waals surface area contributed by atoms with E-state index in [-0.39, 0.29) is 42.9 Å². The number of aromatic carboxylic acids is 2. The van der Waals surface area contributed by atoms with Crippen LogP contribution in [0.2, 0.25) is 0 Å². The second-order valence-corrected chi connectivity index (χ2v) is 4.45. The second-order valence-electron chi connectivity index (χ2n) is 4.45. The summed E-state index contributed by atoms with van der Waals surface area (Å²) in [6, 6.07) is 4.17. The van der Waals surface area contributed by atoms with Crippen LogP contribution in [0.25, 0.3) is 0 Å². The topological polar surface area (TPSA) is 74.6 Å². The maximum atomic E-state index is 10.6. The van der Waals surface area contributed by atoms with E-state index in [0.29, 0.717) is 0 Å². The van der Waals surface area contributed by atoms with Gasteiger partial charge >= 0.3 is 38.1 Å². The van der Waals surface area contributed by atoms with Gasteiger partial charge in [-0.05, 0) is 24.6 Å². The summed E-state index contributed by atoms with van der Waals surface area (Å²) in [6.45, 7) is 7.20. The molecule has 0 heterocycles. The normalized spacial score (nSPS) is 10.6. The number of rotatable bonds is 3. The number of carboxylic acid groups (broad SMARTS) is 2. The average molecular weight is 394 g/mol. The molecule has 0 aromatic heterocycles. The SMILES string of the molecule is Cc1c(C(=O)O)cccc1C(=O)O.[C-]1=CC=CC1.[CH2-]CCC.[Zr+2]. The van der Waals surface area contributed by atoms with E-state index in [9.17, 15) is 9.59 Å². The molecule has 1 aliphatic rings. The van der Waals surface area contributed by atoms with E-state index in [4.69, 9.17) is 10.2 Å². The van der Waals surface area contributed by atoms with Gasteiger partial charge < -0.3 is 17.1 Å². The van der Waals surface area contributed by atoms with Crippen molar-refractivity contribution in [2.75, 3.05) is 0 Å². The molecule has 4 nitrogen and oxygen atoms in total. The van der Waals surface area contributed by atoms with Crippen molar-refractivity contribution in [1.29, 1.82) is 0 Å². The molecule has 2 rings (SSSR count). The average Bonchev–Trinajstić information content (AvgIpc) is 3.06. The fraction of sp³-hybridized carbons (Fsp3) is 0.278. The Hall–Kier alpha value is -1.48. The largest absolute Gasteiger partial charge is 2.00 e. The Morgan fingerprint density at radius 3 is 1.91 bits per heavy atom. The first-order chi connectivity index (χ1) is 10.5. The third-order valence-corrected chi connectivity index (χ3v) is 2.73. The summed E-state index contributed by atoms with van der Waals surface area (Å²) in [5.74, 6) is -2.22. The quantitative estimate of drug-likeness (QED) is 0.750. The third-order valence-electron chi connectivity index (χ3n) is 2.73. The summed E-state index contributed by atoms with van der Waals surface area (Å²) in [7, 11) is 0. The number of benzene rings is 1. The molecule has 0 bridgehead atoms. The molecule has 5 heteroatoms. The number of carboxylic acids is 2. The van der Waals surface area contributed by atoms with E-state index < -0.39 is 11.9 Å². The van der Waals surface area contributed by atoms with Crippen molar-refractivity contribution in [1.82, 2.24) is 0 Å². The van der Waals surface area contributed by atoms with Crippen LogP contribution < -0.4 is 0 Å². The predicted molar refractivity (Wildman–Crippen MR) is 86.9 cm³/mol. The zero-order valence-corrected chi connectivity index (χ0v) is 16.0. The van der Waals surface area contributed by atoms with Crippen LogP contribution in [0.1, 0.15) is 52.5 Å². The Morgan fingerprint density at radius 1 is 1.22 bits per heavy atom. The summed E-state index contributed by atoms with van der Waals surface area (Å²) in [5.41, 5.74) is 0.335. The number of allylic oxidation sites excluding steroid dienone is 4. The summed E-state index contributed by atoms with van der Waals surface area (Å²) >= 11 is 0. The van der Waals surface area contributed by atoms with E-state index in [2.05, 4.69) is 26.0 Å². The Kier molecular flexibility index (Phi) is 14.6. The minimum Gasteiger partial charge on any atom is -0.478 e. The van der Waals surface area contributed by atoms with Crippen molar-refractivity contribution < 1.29 is 46.0 Å². The van der Waals surface area contributed by atoms with Gasteiger partial charge in [0.1, 0.15) is 0 Å². The Labute approximate surface area is 157 Å². The summed E-state index contributed by atoms with van der Waals surface area (Å²) in [5, 5.41) is 17.4. The molecule has 1 aromatic carbocycles. The molecule has 0 saturated carbocycles. The molecule has 2 N–H and O–H groups in total. The van der Waals surface area contributed by atoms with Crippen LogP contribution in [0.4, 0.5) is 0 Å². The smallest absolute Gasteiger partial charge is 0.478 e. The monoisotopic (exact) mass is 392 g/mol. The molecule has 0 unspecified atom stereocenters. The van der Waals surface area contributed by atoms with Crippen molar-refractivity contribution in [3.63, 3.8) is 0 Å². The molecule has 0 amide bonds. The van der Waals surface area contributed by atoms with E-state index in [1.807, 2.05) is 12.2 Å². The first-order valence-corrected chi connectivity index (χ1v) is 7.02. The number of unbranched alkanes of at least 4 members (excludes halogenated alkanes) is 1. The van der Waals surface area contributed by atoms with E-state index in [1.165, 1.54) is 31.5 Å². The van der Waals surface area contributed by atoms with Gasteiger partial charge in [0.2, 0.25) is 0 Å². The summed E-state index contributed by atoms with van der Waals surface area (Å²) in [6.07, 6.45) is 12.3. The third kappa shape index (κ3) is 10.0. The van der Waals surface area contributed by atoms with Crippen LogP contribution in [0.3, 0.4) is 0 Å². The van der Waals surface area contributed by atoms with Gasteiger partial charge in [0.25, 0.3) is 0 Å². The van der Waals surface area contributed by atoms with Crippen LogP contribution >= 0.6 is 0 Å². The van der Waals surface area contributed by atoms with Crippen LogP contribution in [0, 0.1) is 19.9 Å². The molecule has 1 aromatic rings. The molecule has 0 fully saturated rings. The van der Waals surface area contributed by atoms with Gasteiger partial charge in [0, 0.05) is 0 Å². The zero-order valence-electron chi connectivity index (χ0n) is 13.5. The maximum Gasteiger partial charge on any atom is 2.00 e. The van der Waals surface area contributed by atoms with Crippen molar-refractivity contribution in [3.8, 4) is 0 Å². The molecule has 1 aliphatic carbocycles. The fourth-order valence-corrected chi connectivity index (χ4v) is 1.44. The Morgan fingerprint density at radius 2 is 1.70 bits per heavy atom. The molecule has 0 aliphatic heterocycles. The Balaban J connectivity index is 0. The molecule has 0 atom stereocenters. The van der Waals surface area contributed by atoms with Crippen molar-refractivity contribution in [2.45, 2.75) is 33.1 Å². The molecule has 0 spiro atoms. The second kappa shape index (κ2) is 14.1. The van der Waals surface area contributed by atoms with Crippen molar-refractivity contribution >= 4 is 11.9 Å². The fourth-order valence-electron chi connectivity index (χ4n) is 1.44. The van der Waals surface area contributed by atoms with Crippen LogP contribution in [-0.2, 0) is 26.2 Å². The predicted octanol–water partition coefficient (Wildman–Crippen LogP) is 4.32. The van der Waals surface area contributed by atoms with Gasteiger partial charge in [-0.1, -0.05) is 19.4 Å². The van der Waals surface area contributed by atoms with Gasteiger partial charge in [-0.15, -0.1) is 6.42 Å². The zero-order chi connectivity index (χ0) is 17.0. The van der Waals surface area contributed by atoms with Crippen molar-refractivity contribution in [3.05, 3.63) is 66.1 Å². The molecule has 23 heavy (non-hydrogen) atoms. The van der Waals surface area contributed by atoms with E-state index >= 15 is 0 Å². The van der Waals surface area contributed by atoms with Crippen LogP contribution in [0.15, 0.2) is 36.4 Å². The Bertz CT molecular complexity index is 504. The molecule has 0 radical (unpaired) electrons. The minimum absolute atomic E-state index is 0. The van der Waals surface area contributed by atoms with E-state index in [0.717, 1.165) is 12.8 Å². The van der Waals surface area contributed by atoms with Gasteiger partial charge in [-0.2, -0.15) is 12.5 Å². The van der Waals surface area contributed by atoms with Gasteiger partial charge in [-0.25, -0.2) is 21.7 Å². The standard InChI is InChI=1S/C9H8O4.C5H5.C4H9.Zr/c1-5-6(8(10)11)3-2-4-7(5)9(12)13;1-2-4-5-3-1;1-3-4-2;/h2-4H,1H3,(H,10,11)(H,12,13);1-3H,4H2;1,3-4H2,2H3;/q;2*-1;+2. The van der Waals surface area contributed by atoms with Crippen LogP contribution in [0.5, 0.6) is 0 Å². The molecule has 0 saturated heterocycles. The number of carbonyl (C=O) groups is 2. The minimum atomic E-state index is -1.11. The van der Waals surface area contributed by atoms with Crippen LogP contribution in [-0.4, -0.2) is 22.2 Å². The number of hydrogen-bond donors (Lipinski definition) is 2. The van der Waals surface area contributed by atoms with Gasteiger partial charge in [0.15, 0.2) is 0 Å². The first kappa shape index (κ1) is 23.8. The van der Waals surface area contributed by atoms with Crippen molar-refractivity contribution in [2.24, 2.45) is 0 Å². The van der Waals surface area contributed by atoms with E-state index in [1.54, 1.807) is 0 Å². The molecule has 122 valence electrons. The van der Waals surface area contributed by atoms with Gasteiger partial charge in [-0.3, -0.25) is 6.08 Å². The molecular weight excluding hydrogens is 371 g/mol. The van der Waals surface area contributed by atoms with Gasteiger partial charge in [0.05, 0.1) is 11.1 Å². The first-order valence-electron chi connectivity index (χ1n) is 7.02. The summed E-state index contributed by atoms with van der Waals surface area (Å²) < 4.78 is 0. The molecular formula is C18H22O4Zr. The number of hydrogen-bond acceptors (Lipinski definition) is 2.